The lowest BCUT2D eigenvalue weighted by atomic mass is 9.82. The average molecular weight is 314 g/mol. The van der Waals surface area contributed by atoms with Crippen LogP contribution in [-0.2, 0) is 5.54 Å². The van der Waals surface area contributed by atoms with Gasteiger partial charge in [-0.1, -0.05) is 68.7 Å². The van der Waals surface area contributed by atoms with Crippen molar-refractivity contribution in [2.24, 2.45) is 10.2 Å². The van der Waals surface area contributed by atoms with Gasteiger partial charge in [-0.05, 0) is 51.7 Å². The zero-order valence-electron chi connectivity index (χ0n) is 14.1. The van der Waals surface area contributed by atoms with E-state index in [1.807, 2.05) is 6.20 Å². The molecule has 0 fully saturated rings. The summed E-state index contributed by atoms with van der Waals surface area (Å²) in [6.45, 7) is 2.24. The molecular formula is C22H22N2. The standard InChI is InChI=1S/C22H22N2/c1-2-3-6-12-22(13-14-23-24-22)21-11-7-10-19-15-17-8-4-5-9-18(17)16-20(19)21/h4-5,7-11,13-16H,2-3,6,12H2,1H3. The minimum Gasteiger partial charge on any atom is -0.173 e. The second kappa shape index (κ2) is 6.20. The molecule has 120 valence electrons. The van der Waals surface area contributed by atoms with Crippen molar-refractivity contribution in [1.82, 2.24) is 0 Å². The lowest BCUT2D eigenvalue weighted by Gasteiger charge is -2.25. The fourth-order valence-corrected chi connectivity index (χ4v) is 3.73. The van der Waals surface area contributed by atoms with Gasteiger partial charge in [0.2, 0.25) is 0 Å². The van der Waals surface area contributed by atoms with Crippen molar-refractivity contribution in [3.05, 3.63) is 72.4 Å². The number of hydrogen-bond acceptors (Lipinski definition) is 2. The molecule has 0 radical (unpaired) electrons. The van der Waals surface area contributed by atoms with Gasteiger partial charge in [0.1, 0.15) is 5.54 Å². The molecule has 1 atom stereocenters. The van der Waals surface area contributed by atoms with E-state index in [0.29, 0.717) is 0 Å². The van der Waals surface area contributed by atoms with Crippen LogP contribution in [0.5, 0.6) is 0 Å². The first-order valence-electron chi connectivity index (χ1n) is 8.84. The van der Waals surface area contributed by atoms with Crippen molar-refractivity contribution in [3.63, 3.8) is 0 Å². The Kier molecular flexibility index (Phi) is 3.89. The molecule has 0 aromatic heterocycles. The molecule has 2 heteroatoms. The Morgan fingerprint density at radius 1 is 0.875 bits per heavy atom. The van der Waals surface area contributed by atoms with Gasteiger partial charge in [0.05, 0.1) is 0 Å². The van der Waals surface area contributed by atoms with Gasteiger partial charge in [0, 0.05) is 6.20 Å². The van der Waals surface area contributed by atoms with Crippen molar-refractivity contribution < 1.29 is 0 Å². The largest absolute Gasteiger partial charge is 0.173 e. The van der Waals surface area contributed by atoms with Gasteiger partial charge in [-0.2, -0.15) is 10.2 Å². The molecule has 0 spiro atoms. The summed E-state index contributed by atoms with van der Waals surface area (Å²) in [6, 6.07) is 19.7. The predicted octanol–water partition coefficient (Wildman–Crippen LogP) is 6.75. The van der Waals surface area contributed by atoms with Crippen LogP contribution in [0.15, 0.2) is 77.1 Å². The van der Waals surface area contributed by atoms with E-state index in [2.05, 4.69) is 77.8 Å². The summed E-state index contributed by atoms with van der Waals surface area (Å²) in [5.74, 6) is 0. The highest BCUT2D eigenvalue weighted by molar-refractivity contribution is 6.00. The van der Waals surface area contributed by atoms with Crippen molar-refractivity contribution >= 4 is 21.5 Å². The molecule has 0 bridgehead atoms. The van der Waals surface area contributed by atoms with Crippen LogP contribution in [0, 0.1) is 0 Å². The molecule has 3 aromatic rings. The Morgan fingerprint density at radius 3 is 2.42 bits per heavy atom. The van der Waals surface area contributed by atoms with E-state index in [4.69, 9.17) is 0 Å². The maximum absolute atomic E-state index is 4.65. The summed E-state index contributed by atoms with van der Waals surface area (Å²) in [5.41, 5.74) is 0.983. The molecule has 24 heavy (non-hydrogen) atoms. The fraction of sp³-hybridized carbons (Fsp3) is 0.273. The van der Waals surface area contributed by atoms with E-state index >= 15 is 0 Å². The summed E-state index contributed by atoms with van der Waals surface area (Å²) >= 11 is 0. The Hall–Kier alpha value is -2.48. The molecule has 0 saturated heterocycles. The third kappa shape index (κ3) is 2.52. The molecule has 1 unspecified atom stereocenters. The highest BCUT2D eigenvalue weighted by atomic mass is 15.2. The van der Waals surface area contributed by atoms with E-state index < -0.39 is 0 Å². The molecular weight excluding hydrogens is 292 g/mol. The summed E-state index contributed by atoms with van der Waals surface area (Å²) in [5, 5.41) is 14.0. The van der Waals surface area contributed by atoms with Crippen LogP contribution in [0.25, 0.3) is 21.5 Å². The van der Waals surface area contributed by atoms with Crippen molar-refractivity contribution in [2.45, 2.75) is 38.1 Å². The van der Waals surface area contributed by atoms with Crippen LogP contribution in [0.4, 0.5) is 0 Å². The van der Waals surface area contributed by atoms with Gasteiger partial charge >= 0.3 is 0 Å². The summed E-state index contributed by atoms with van der Waals surface area (Å²) < 4.78 is 0. The van der Waals surface area contributed by atoms with Gasteiger partial charge in [-0.25, -0.2) is 0 Å². The number of azo groups is 1. The molecule has 1 heterocycles. The maximum atomic E-state index is 4.65. The van der Waals surface area contributed by atoms with Crippen molar-refractivity contribution in [2.75, 3.05) is 0 Å². The smallest absolute Gasteiger partial charge is 0.127 e. The van der Waals surface area contributed by atoms with Crippen LogP contribution < -0.4 is 0 Å². The quantitative estimate of drug-likeness (QED) is 0.367. The van der Waals surface area contributed by atoms with E-state index in [1.165, 1.54) is 46.4 Å². The van der Waals surface area contributed by atoms with Gasteiger partial charge in [-0.3, -0.25) is 0 Å². The van der Waals surface area contributed by atoms with E-state index in [9.17, 15) is 0 Å². The first-order valence-corrected chi connectivity index (χ1v) is 8.84. The molecule has 0 aliphatic carbocycles. The van der Waals surface area contributed by atoms with Crippen LogP contribution in [-0.4, -0.2) is 0 Å². The van der Waals surface area contributed by atoms with Crippen LogP contribution in [0.2, 0.25) is 0 Å². The lowest BCUT2D eigenvalue weighted by Crippen LogP contribution is -2.19. The second-order valence-corrected chi connectivity index (χ2v) is 6.64. The minimum absolute atomic E-state index is 0.295. The zero-order chi connectivity index (χ0) is 16.4. The fourth-order valence-electron chi connectivity index (χ4n) is 3.73. The van der Waals surface area contributed by atoms with Crippen LogP contribution in [0.1, 0.15) is 38.2 Å². The van der Waals surface area contributed by atoms with Crippen molar-refractivity contribution in [1.29, 1.82) is 0 Å². The van der Waals surface area contributed by atoms with Crippen LogP contribution in [0.3, 0.4) is 0 Å². The third-order valence-corrected chi connectivity index (χ3v) is 5.03. The van der Waals surface area contributed by atoms with E-state index in [1.54, 1.807) is 0 Å². The van der Waals surface area contributed by atoms with Crippen LogP contribution >= 0.6 is 0 Å². The lowest BCUT2D eigenvalue weighted by molar-refractivity contribution is 0.477. The molecule has 2 nitrogen and oxygen atoms in total. The number of benzene rings is 3. The number of fused-ring (bicyclic) bond motifs is 2. The predicted molar refractivity (Wildman–Crippen MR) is 101 cm³/mol. The average Bonchev–Trinajstić information content (AvgIpc) is 3.09. The first-order chi connectivity index (χ1) is 11.8. The summed E-state index contributed by atoms with van der Waals surface area (Å²) in [4.78, 5) is 0. The Balaban J connectivity index is 1.89. The van der Waals surface area contributed by atoms with E-state index in [0.717, 1.165) is 6.42 Å². The topological polar surface area (TPSA) is 24.7 Å². The van der Waals surface area contributed by atoms with Gasteiger partial charge < -0.3 is 0 Å². The van der Waals surface area contributed by atoms with Crippen molar-refractivity contribution in [3.8, 4) is 0 Å². The minimum atomic E-state index is -0.295. The van der Waals surface area contributed by atoms with E-state index in [-0.39, 0.29) is 5.54 Å². The second-order valence-electron chi connectivity index (χ2n) is 6.64. The zero-order valence-corrected chi connectivity index (χ0v) is 14.1. The number of nitrogens with zero attached hydrogens (tertiary/aromatic N) is 2. The first kappa shape index (κ1) is 15.1. The maximum Gasteiger partial charge on any atom is 0.127 e. The van der Waals surface area contributed by atoms with Gasteiger partial charge in [-0.15, -0.1) is 0 Å². The molecule has 0 saturated carbocycles. The normalized spacial score (nSPS) is 19.5. The Labute approximate surface area is 142 Å². The summed E-state index contributed by atoms with van der Waals surface area (Å²) in [6.07, 6.45) is 8.67. The number of hydrogen-bond donors (Lipinski definition) is 0. The van der Waals surface area contributed by atoms with Gasteiger partial charge in [0.25, 0.3) is 0 Å². The molecule has 0 N–H and O–H groups in total. The third-order valence-electron chi connectivity index (χ3n) is 5.03. The Morgan fingerprint density at radius 2 is 1.67 bits per heavy atom. The summed E-state index contributed by atoms with van der Waals surface area (Å²) in [7, 11) is 0. The number of rotatable bonds is 5. The molecule has 0 amide bonds. The monoisotopic (exact) mass is 314 g/mol. The molecule has 1 aliphatic rings. The van der Waals surface area contributed by atoms with Gasteiger partial charge in [0.15, 0.2) is 0 Å². The highest BCUT2D eigenvalue weighted by Crippen LogP contribution is 2.41. The molecule has 1 aliphatic heterocycles. The number of unbranched alkanes of at least 4 members (excludes halogenated alkanes) is 2. The Bertz CT molecular complexity index is 925. The molecule has 4 rings (SSSR count). The highest BCUT2D eigenvalue weighted by Gasteiger charge is 2.32. The SMILES string of the molecule is CCCCCC1(c2cccc3cc4ccccc4cc23)C=CN=N1. The molecule has 3 aromatic carbocycles.